The van der Waals surface area contributed by atoms with E-state index >= 15 is 4.39 Å². The maximum Gasteiger partial charge on any atom is 0.411 e. The van der Waals surface area contributed by atoms with E-state index in [1.165, 1.54) is 29.2 Å². The van der Waals surface area contributed by atoms with Gasteiger partial charge in [0.15, 0.2) is 11.0 Å². The Kier molecular flexibility index (Phi) is 9.20. The van der Waals surface area contributed by atoms with Crippen molar-refractivity contribution in [2.24, 2.45) is 4.99 Å². The molecule has 1 fully saturated rings. The van der Waals surface area contributed by atoms with Gasteiger partial charge < -0.3 is 14.8 Å². The lowest BCUT2D eigenvalue weighted by Gasteiger charge is -2.22. The van der Waals surface area contributed by atoms with Crippen LogP contribution in [0.15, 0.2) is 65.9 Å². The van der Waals surface area contributed by atoms with Crippen LogP contribution in [0, 0.1) is 19.7 Å². The van der Waals surface area contributed by atoms with E-state index in [1.807, 2.05) is 0 Å². The van der Waals surface area contributed by atoms with Gasteiger partial charge in [-0.05, 0) is 73.5 Å². The van der Waals surface area contributed by atoms with Gasteiger partial charge in [0.25, 0.3) is 0 Å². The zero-order chi connectivity index (χ0) is 32.3. The summed E-state index contributed by atoms with van der Waals surface area (Å²) in [4.78, 5) is 35.1. The van der Waals surface area contributed by atoms with Crippen molar-refractivity contribution in [2.75, 3.05) is 29.7 Å². The maximum atomic E-state index is 15.1. The number of aryl methyl sites for hydroxylation is 2. The molecule has 1 N–H and O–H groups in total. The van der Waals surface area contributed by atoms with Crippen LogP contribution in [0.25, 0.3) is 17.1 Å². The van der Waals surface area contributed by atoms with Crippen LogP contribution in [-0.2, 0) is 16.1 Å². The van der Waals surface area contributed by atoms with Crippen LogP contribution in [0.2, 0.25) is 0 Å². The summed E-state index contributed by atoms with van der Waals surface area (Å²) >= 11 is 0.971. The minimum absolute atomic E-state index is 0.0110. The summed E-state index contributed by atoms with van der Waals surface area (Å²) in [6, 6.07) is 13.4. The Morgan fingerprint density at radius 2 is 1.82 bits per heavy atom. The molecule has 2 heterocycles. The molecule has 0 saturated carbocycles. The summed E-state index contributed by atoms with van der Waals surface area (Å²) in [5, 5.41) is 6.74. The number of urea groups is 1. The number of methoxy groups -OCH3 is 1. The summed E-state index contributed by atoms with van der Waals surface area (Å²) < 4.78 is 64.6. The molecule has 234 valence electrons. The fourth-order valence-corrected chi connectivity index (χ4v) is 5.24. The second-order valence-corrected chi connectivity index (χ2v) is 10.9. The van der Waals surface area contributed by atoms with Crippen molar-refractivity contribution in [3.63, 3.8) is 0 Å². The van der Waals surface area contributed by atoms with Crippen LogP contribution in [-0.4, -0.2) is 57.5 Å². The molecular formula is C30H26F4N6O4S. The number of rotatable bonds is 8. The topological polar surface area (TPSA) is 111 Å². The van der Waals surface area contributed by atoms with Gasteiger partial charge in [0.1, 0.15) is 24.5 Å². The zero-order valence-electron chi connectivity index (χ0n) is 24.2. The summed E-state index contributed by atoms with van der Waals surface area (Å²) in [6.45, 7) is 1.67. The van der Waals surface area contributed by atoms with Crippen molar-refractivity contribution in [2.45, 2.75) is 26.6 Å². The van der Waals surface area contributed by atoms with E-state index in [9.17, 15) is 22.8 Å². The third-order valence-electron chi connectivity index (χ3n) is 6.72. The molecule has 3 aromatic carbocycles. The summed E-state index contributed by atoms with van der Waals surface area (Å²) in [5.74, 6) is -0.320. The number of amidine groups is 1. The summed E-state index contributed by atoms with van der Waals surface area (Å²) in [6.07, 6.45) is -3.04. The molecule has 1 aliphatic rings. The number of nitrogens with one attached hydrogen (secondary N) is 1. The van der Waals surface area contributed by atoms with Crippen LogP contribution in [0.1, 0.15) is 16.7 Å². The van der Waals surface area contributed by atoms with E-state index < -0.39 is 37.1 Å². The summed E-state index contributed by atoms with van der Waals surface area (Å²) in [5.41, 5.74) is 3.02. The first-order chi connectivity index (χ1) is 21.4. The molecule has 15 heteroatoms. The van der Waals surface area contributed by atoms with Gasteiger partial charge in [0.05, 0.1) is 36.5 Å². The van der Waals surface area contributed by atoms with Crippen molar-refractivity contribution in [3.8, 4) is 22.8 Å². The number of aliphatic imine (C=N–C) groups is 1. The quantitative estimate of drug-likeness (QED) is 0.220. The first-order valence-corrected chi connectivity index (χ1v) is 14.4. The number of halogens is 4. The molecule has 5 rings (SSSR count). The highest BCUT2D eigenvalue weighted by atomic mass is 32.2. The smallest absolute Gasteiger partial charge is 0.411 e. The monoisotopic (exact) mass is 642 g/mol. The first kappa shape index (κ1) is 31.7. The third-order valence-corrected chi connectivity index (χ3v) is 7.64. The molecule has 0 spiro atoms. The molecule has 1 aliphatic heterocycles. The first-order valence-electron chi connectivity index (χ1n) is 13.4. The molecular weight excluding hydrogens is 616 g/mol. The van der Waals surface area contributed by atoms with E-state index in [0.29, 0.717) is 16.9 Å². The second-order valence-electron chi connectivity index (χ2n) is 9.92. The van der Waals surface area contributed by atoms with Crippen molar-refractivity contribution in [1.82, 2.24) is 14.8 Å². The Bertz CT molecular complexity index is 1780. The van der Waals surface area contributed by atoms with E-state index in [0.717, 1.165) is 33.5 Å². The van der Waals surface area contributed by atoms with Gasteiger partial charge in [-0.1, -0.05) is 17.8 Å². The molecule has 0 bridgehead atoms. The van der Waals surface area contributed by atoms with Crippen molar-refractivity contribution < 1.29 is 36.6 Å². The number of ether oxygens (including phenoxy) is 2. The number of hydrogen-bond donors (Lipinski definition) is 1. The third kappa shape index (κ3) is 7.49. The molecule has 1 saturated heterocycles. The average Bonchev–Trinajstić information content (AvgIpc) is 3.62. The molecule has 0 radical (unpaired) electrons. The van der Waals surface area contributed by atoms with Crippen LogP contribution in [0.3, 0.4) is 0 Å². The maximum absolute atomic E-state index is 15.1. The van der Waals surface area contributed by atoms with Gasteiger partial charge in [-0.25, -0.2) is 18.9 Å². The Hall–Kier alpha value is -4.76. The number of anilines is 2. The van der Waals surface area contributed by atoms with Crippen molar-refractivity contribution >= 4 is 40.2 Å². The van der Waals surface area contributed by atoms with Crippen molar-refractivity contribution in [3.05, 3.63) is 83.4 Å². The molecule has 0 atom stereocenters. The lowest BCUT2D eigenvalue weighted by molar-refractivity contribution is -0.176. The SMILES string of the molecule is COc1ccc(-n2cnc(-c3ccc(NC(=O)N=C4SCC(=O)N4c4cc(C)c(C)cc4COCC(F)(F)F)c(F)c3)n2)cc1. The fraction of sp³-hybridized carbons (Fsp3) is 0.233. The summed E-state index contributed by atoms with van der Waals surface area (Å²) in [7, 11) is 1.56. The van der Waals surface area contributed by atoms with Gasteiger partial charge >= 0.3 is 12.2 Å². The predicted molar refractivity (Wildman–Crippen MR) is 161 cm³/mol. The normalized spacial score (nSPS) is 14.3. The number of carbonyl (C=O) groups excluding carboxylic acids is 2. The zero-order valence-corrected chi connectivity index (χ0v) is 25.0. The van der Waals surface area contributed by atoms with Gasteiger partial charge in [-0.3, -0.25) is 9.69 Å². The largest absolute Gasteiger partial charge is 0.497 e. The van der Waals surface area contributed by atoms with E-state index in [-0.39, 0.29) is 28.1 Å². The highest BCUT2D eigenvalue weighted by Crippen LogP contribution is 2.33. The minimum atomic E-state index is -4.52. The van der Waals surface area contributed by atoms with E-state index in [4.69, 9.17) is 9.47 Å². The van der Waals surface area contributed by atoms with Crippen LogP contribution in [0.4, 0.5) is 33.7 Å². The highest BCUT2D eigenvalue weighted by molar-refractivity contribution is 8.15. The molecule has 45 heavy (non-hydrogen) atoms. The van der Waals surface area contributed by atoms with Crippen molar-refractivity contribution in [1.29, 1.82) is 0 Å². The molecule has 0 aliphatic carbocycles. The van der Waals surface area contributed by atoms with Gasteiger partial charge in [0.2, 0.25) is 5.91 Å². The van der Waals surface area contributed by atoms with Crippen LogP contribution >= 0.6 is 11.8 Å². The van der Waals surface area contributed by atoms with Gasteiger partial charge in [-0.15, -0.1) is 5.10 Å². The molecule has 10 nitrogen and oxygen atoms in total. The Morgan fingerprint density at radius 1 is 1.09 bits per heavy atom. The minimum Gasteiger partial charge on any atom is -0.497 e. The number of benzene rings is 3. The standard InChI is InChI=1S/C30H26F4N6O4S/c1-17-10-20(13-44-15-30(32,33)34)25(11-18(17)2)40-26(41)14-45-29(40)37-28(42)36-24-9-4-19(12-23(24)31)27-35-16-39(38-27)21-5-7-22(43-3)8-6-21/h4-12,16H,13-15H2,1-3H3,(H,36,42). The Balaban J connectivity index is 1.32. The number of nitrogens with zero attached hydrogens (tertiary/aromatic N) is 5. The highest BCUT2D eigenvalue weighted by Gasteiger charge is 2.33. The van der Waals surface area contributed by atoms with Gasteiger partial charge in [0, 0.05) is 11.1 Å². The van der Waals surface area contributed by atoms with Crippen LogP contribution < -0.4 is 15.0 Å². The van der Waals surface area contributed by atoms with E-state index in [1.54, 1.807) is 57.4 Å². The Labute approximate surface area is 259 Å². The van der Waals surface area contributed by atoms with Crippen LogP contribution in [0.5, 0.6) is 5.75 Å². The molecule has 4 aromatic rings. The predicted octanol–water partition coefficient (Wildman–Crippen LogP) is 6.45. The fourth-order valence-electron chi connectivity index (χ4n) is 4.38. The lowest BCUT2D eigenvalue weighted by Crippen LogP contribution is -2.31. The molecule has 1 aromatic heterocycles. The number of aromatic nitrogens is 3. The number of amides is 3. The molecule has 0 unspecified atom stereocenters. The van der Waals surface area contributed by atoms with Gasteiger partial charge in [-0.2, -0.15) is 18.2 Å². The lowest BCUT2D eigenvalue weighted by atomic mass is 10.0. The second kappa shape index (κ2) is 13.1. The number of alkyl halides is 3. The molecule has 3 amide bonds. The number of carbonyl (C=O) groups is 2. The number of thioether (sulfide) groups is 1. The van der Waals surface area contributed by atoms with E-state index in [2.05, 4.69) is 20.4 Å². The number of hydrogen-bond acceptors (Lipinski definition) is 7. The Morgan fingerprint density at radius 3 is 2.51 bits per heavy atom. The average molecular weight is 643 g/mol.